The Morgan fingerprint density at radius 1 is 1.33 bits per heavy atom. The quantitative estimate of drug-likeness (QED) is 0.907. The van der Waals surface area contributed by atoms with Crippen LogP contribution in [0, 0.1) is 0 Å². The zero-order valence-electron chi connectivity index (χ0n) is 10.6. The van der Waals surface area contributed by atoms with Crippen molar-refractivity contribution >= 4 is 22.0 Å². The first-order valence-electron chi connectivity index (χ1n) is 5.34. The Morgan fingerprint density at radius 3 is 2.39 bits per heavy atom. The number of likely N-dealkylation sites (N-methyl/N-ethyl adjacent to an activating group) is 1. The SMILES string of the molecule is COc1cc(Br)c(CCN(C)C(=O)O)cc1OC. The van der Waals surface area contributed by atoms with Crippen molar-refractivity contribution in [1.29, 1.82) is 0 Å². The molecule has 0 saturated heterocycles. The van der Waals surface area contributed by atoms with Crippen LogP contribution in [0.15, 0.2) is 16.6 Å². The number of benzene rings is 1. The topological polar surface area (TPSA) is 59.0 Å². The summed E-state index contributed by atoms with van der Waals surface area (Å²) in [5.41, 5.74) is 0.973. The van der Waals surface area contributed by atoms with Crippen LogP contribution in [0.5, 0.6) is 11.5 Å². The van der Waals surface area contributed by atoms with E-state index in [0.29, 0.717) is 24.5 Å². The van der Waals surface area contributed by atoms with Crippen LogP contribution in [0.3, 0.4) is 0 Å². The molecule has 0 atom stereocenters. The van der Waals surface area contributed by atoms with Crippen LogP contribution in [-0.2, 0) is 6.42 Å². The molecule has 0 aliphatic heterocycles. The van der Waals surface area contributed by atoms with Crippen molar-refractivity contribution in [2.45, 2.75) is 6.42 Å². The first kappa shape index (κ1) is 14.6. The van der Waals surface area contributed by atoms with Gasteiger partial charge in [0.25, 0.3) is 0 Å². The summed E-state index contributed by atoms with van der Waals surface area (Å²) in [7, 11) is 4.68. The van der Waals surface area contributed by atoms with Crippen LogP contribution in [0.25, 0.3) is 0 Å². The largest absolute Gasteiger partial charge is 0.493 e. The zero-order valence-corrected chi connectivity index (χ0v) is 12.2. The molecule has 0 spiro atoms. The van der Waals surface area contributed by atoms with Gasteiger partial charge in [0.1, 0.15) is 0 Å². The molecule has 5 nitrogen and oxygen atoms in total. The maximum Gasteiger partial charge on any atom is 0.407 e. The van der Waals surface area contributed by atoms with Gasteiger partial charge in [0.05, 0.1) is 14.2 Å². The van der Waals surface area contributed by atoms with Crippen molar-refractivity contribution in [3.05, 3.63) is 22.2 Å². The average Bonchev–Trinajstić information content (AvgIpc) is 2.36. The summed E-state index contributed by atoms with van der Waals surface area (Å²) in [5, 5.41) is 8.78. The van der Waals surface area contributed by atoms with Gasteiger partial charge in [0.2, 0.25) is 0 Å². The average molecular weight is 318 g/mol. The van der Waals surface area contributed by atoms with Gasteiger partial charge in [0.15, 0.2) is 11.5 Å². The van der Waals surface area contributed by atoms with E-state index >= 15 is 0 Å². The zero-order chi connectivity index (χ0) is 13.7. The monoisotopic (exact) mass is 317 g/mol. The second-order valence-electron chi connectivity index (χ2n) is 3.75. The lowest BCUT2D eigenvalue weighted by Crippen LogP contribution is -2.26. The maximum atomic E-state index is 10.7. The van der Waals surface area contributed by atoms with E-state index in [1.54, 1.807) is 14.2 Å². The van der Waals surface area contributed by atoms with Crippen molar-refractivity contribution in [1.82, 2.24) is 4.90 Å². The van der Waals surface area contributed by atoms with E-state index in [1.165, 1.54) is 11.9 Å². The third-order valence-corrected chi connectivity index (χ3v) is 3.33. The van der Waals surface area contributed by atoms with Crippen LogP contribution in [0.2, 0.25) is 0 Å². The van der Waals surface area contributed by atoms with Crippen molar-refractivity contribution in [3.63, 3.8) is 0 Å². The molecule has 0 fully saturated rings. The molecule has 1 aromatic rings. The van der Waals surface area contributed by atoms with Crippen molar-refractivity contribution in [2.75, 3.05) is 27.8 Å². The number of nitrogens with zero attached hydrogens (tertiary/aromatic N) is 1. The Kier molecular flexibility index (Phi) is 5.27. The van der Waals surface area contributed by atoms with Gasteiger partial charge >= 0.3 is 6.09 Å². The van der Waals surface area contributed by atoms with Gasteiger partial charge in [-0.3, -0.25) is 0 Å². The molecule has 0 aliphatic carbocycles. The number of amides is 1. The molecule has 6 heteroatoms. The predicted octanol–water partition coefficient (Wildman–Crippen LogP) is 2.62. The van der Waals surface area contributed by atoms with Gasteiger partial charge in [0, 0.05) is 18.1 Å². The minimum absolute atomic E-state index is 0.420. The molecule has 1 N–H and O–H groups in total. The lowest BCUT2D eigenvalue weighted by Gasteiger charge is -2.15. The highest BCUT2D eigenvalue weighted by Gasteiger charge is 2.11. The Morgan fingerprint density at radius 2 is 1.89 bits per heavy atom. The number of carboxylic acid groups (broad SMARTS) is 1. The van der Waals surface area contributed by atoms with Gasteiger partial charge in [-0.1, -0.05) is 15.9 Å². The number of methoxy groups -OCH3 is 2. The number of hydrogen-bond donors (Lipinski definition) is 1. The minimum Gasteiger partial charge on any atom is -0.493 e. The number of ether oxygens (including phenoxy) is 2. The lowest BCUT2D eigenvalue weighted by atomic mass is 10.1. The van der Waals surface area contributed by atoms with Crippen LogP contribution in [-0.4, -0.2) is 43.9 Å². The molecule has 1 amide bonds. The molecule has 0 saturated carbocycles. The summed E-state index contributed by atoms with van der Waals surface area (Å²) in [6, 6.07) is 3.66. The highest BCUT2D eigenvalue weighted by molar-refractivity contribution is 9.10. The molecule has 0 unspecified atom stereocenters. The van der Waals surface area contributed by atoms with Crippen molar-refractivity contribution in [2.24, 2.45) is 0 Å². The fourth-order valence-corrected chi connectivity index (χ4v) is 1.99. The normalized spacial score (nSPS) is 10.0. The smallest absolute Gasteiger partial charge is 0.407 e. The van der Waals surface area contributed by atoms with E-state index in [0.717, 1.165) is 10.0 Å². The molecule has 1 rings (SSSR count). The highest BCUT2D eigenvalue weighted by atomic mass is 79.9. The molecule has 0 aromatic heterocycles. The van der Waals surface area contributed by atoms with Crippen LogP contribution in [0.1, 0.15) is 5.56 Å². The third-order valence-electron chi connectivity index (χ3n) is 2.60. The Balaban J connectivity index is 2.86. The van der Waals surface area contributed by atoms with E-state index in [-0.39, 0.29) is 0 Å². The Labute approximate surface area is 114 Å². The molecule has 100 valence electrons. The third kappa shape index (κ3) is 3.53. The molecular weight excluding hydrogens is 302 g/mol. The van der Waals surface area contributed by atoms with Crippen LogP contribution < -0.4 is 9.47 Å². The predicted molar refractivity (Wildman–Crippen MR) is 71.6 cm³/mol. The van der Waals surface area contributed by atoms with E-state index in [1.807, 2.05) is 12.1 Å². The highest BCUT2D eigenvalue weighted by Crippen LogP contribution is 2.33. The van der Waals surface area contributed by atoms with E-state index in [9.17, 15) is 4.79 Å². The van der Waals surface area contributed by atoms with Gasteiger partial charge in [-0.25, -0.2) is 4.79 Å². The fourth-order valence-electron chi connectivity index (χ4n) is 1.47. The minimum atomic E-state index is -0.938. The summed E-state index contributed by atoms with van der Waals surface area (Å²) in [6.45, 7) is 0.420. The van der Waals surface area contributed by atoms with Gasteiger partial charge in [-0.15, -0.1) is 0 Å². The number of rotatable bonds is 5. The number of halogens is 1. The molecule has 0 heterocycles. The van der Waals surface area contributed by atoms with E-state index in [2.05, 4.69) is 15.9 Å². The lowest BCUT2D eigenvalue weighted by molar-refractivity contribution is 0.156. The second kappa shape index (κ2) is 6.49. The van der Waals surface area contributed by atoms with Gasteiger partial charge in [-0.2, -0.15) is 0 Å². The summed E-state index contributed by atoms with van der Waals surface area (Å²) in [6.07, 6.45) is -0.337. The first-order valence-corrected chi connectivity index (χ1v) is 6.13. The Bertz CT molecular complexity index is 436. The summed E-state index contributed by atoms with van der Waals surface area (Å²) < 4.78 is 11.3. The summed E-state index contributed by atoms with van der Waals surface area (Å²) in [4.78, 5) is 11.9. The standard InChI is InChI=1S/C12H16BrNO4/c1-14(12(15)16)5-4-8-6-10(17-2)11(18-3)7-9(8)13/h6-7H,4-5H2,1-3H3,(H,15,16). The van der Waals surface area contributed by atoms with Gasteiger partial charge < -0.3 is 19.5 Å². The summed E-state index contributed by atoms with van der Waals surface area (Å²) >= 11 is 3.44. The summed E-state index contributed by atoms with van der Waals surface area (Å²) in [5.74, 6) is 1.27. The second-order valence-corrected chi connectivity index (χ2v) is 4.61. The van der Waals surface area contributed by atoms with Crippen LogP contribution in [0.4, 0.5) is 4.79 Å². The maximum absolute atomic E-state index is 10.7. The number of hydrogen-bond acceptors (Lipinski definition) is 3. The number of carbonyl (C=O) groups is 1. The van der Waals surface area contributed by atoms with Crippen molar-refractivity contribution < 1.29 is 19.4 Å². The molecule has 0 radical (unpaired) electrons. The van der Waals surface area contributed by atoms with Crippen LogP contribution >= 0.6 is 15.9 Å². The first-order chi connectivity index (χ1) is 8.49. The van der Waals surface area contributed by atoms with Gasteiger partial charge in [-0.05, 0) is 24.1 Å². The molecule has 0 aliphatic rings. The molecular formula is C12H16BrNO4. The van der Waals surface area contributed by atoms with E-state index in [4.69, 9.17) is 14.6 Å². The Hall–Kier alpha value is -1.43. The fraction of sp³-hybridized carbons (Fsp3) is 0.417. The molecule has 1 aromatic carbocycles. The van der Waals surface area contributed by atoms with E-state index < -0.39 is 6.09 Å². The molecule has 0 bridgehead atoms. The molecule has 18 heavy (non-hydrogen) atoms. The van der Waals surface area contributed by atoms with Crippen molar-refractivity contribution in [3.8, 4) is 11.5 Å².